The second-order valence-electron chi connectivity index (χ2n) is 9.97. The molecular weight excluding hydrogens is 490 g/mol. The highest BCUT2D eigenvalue weighted by molar-refractivity contribution is 9.10. The molecule has 7 rings (SSSR count). The summed E-state index contributed by atoms with van der Waals surface area (Å²) in [5.74, 6) is 0. The maximum absolute atomic E-state index is 3.63. The van der Waals surface area contributed by atoms with Gasteiger partial charge in [0.25, 0.3) is 0 Å². The van der Waals surface area contributed by atoms with E-state index >= 15 is 0 Å². The molecule has 0 aliphatic heterocycles. The van der Waals surface area contributed by atoms with Crippen LogP contribution in [0.25, 0.3) is 49.7 Å². The Kier molecular flexibility index (Phi) is 4.40. The van der Waals surface area contributed by atoms with Crippen molar-refractivity contribution in [2.75, 3.05) is 0 Å². The fourth-order valence-electron chi connectivity index (χ4n) is 6.09. The fraction of sp³-hybridized carbons (Fsp3) is 0.0909. The van der Waals surface area contributed by atoms with E-state index in [9.17, 15) is 0 Å². The second-order valence-corrected chi connectivity index (χ2v) is 10.9. The van der Waals surface area contributed by atoms with Crippen LogP contribution in [0.3, 0.4) is 0 Å². The molecule has 0 bridgehead atoms. The summed E-state index contributed by atoms with van der Waals surface area (Å²) in [6.07, 6.45) is 0. The number of fused-ring (bicyclic) bond motifs is 6. The Labute approximate surface area is 213 Å². The van der Waals surface area contributed by atoms with Gasteiger partial charge in [-0.15, -0.1) is 0 Å². The van der Waals surface area contributed by atoms with E-state index in [0.29, 0.717) is 0 Å². The molecule has 0 saturated carbocycles. The number of halogens is 1. The quantitative estimate of drug-likeness (QED) is 0.217. The van der Waals surface area contributed by atoms with Crippen LogP contribution in [0, 0.1) is 0 Å². The predicted octanol–water partition coefficient (Wildman–Crippen LogP) is 9.52. The first kappa shape index (κ1) is 20.7. The molecule has 35 heavy (non-hydrogen) atoms. The molecule has 1 aliphatic carbocycles. The summed E-state index contributed by atoms with van der Waals surface area (Å²) in [6.45, 7) is 4.72. The molecule has 0 saturated heterocycles. The first-order valence-electron chi connectivity index (χ1n) is 12.1. The van der Waals surface area contributed by atoms with E-state index in [2.05, 4.69) is 144 Å². The Hall–Kier alpha value is -3.62. The van der Waals surface area contributed by atoms with Gasteiger partial charge in [0.1, 0.15) is 0 Å². The lowest BCUT2D eigenvalue weighted by Gasteiger charge is -2.25. The monoisotopic (exact) mass is 513 g/mol. The van der Waals surface area contributed by atoms with Crippen LogP contribution in [-0.2, 0) is 5.41 Å². The lowest BCUT2D eigenvalue weighted by molar-refractivity contribution is 0.656. The summed E-state index contributed by atoms with van der Waals surface area (Å²) in [6, 6.07) is 39.9. The molecule has 1 aliphatic rings. The van der Waals surface area contributed by atoms with Gasteiger partial charge in [-0.05, 0) is 69.8 Å². The molecule has 0 unspecified atom stereocenters. The van der Waals surface area contributed by atoms with E-state index < -0.39 is 0 Å². The predicted molar refractivity (Wildman–Crippen MR) is 151 cm³/mol. The molecular formula is C33H24BrN. The second kappa shape index (κ2) is 7.44. The van der Waals surface area contributed by atoms with Gasteiger partial charge < -0.3 is 4.57 Å². The van der Waals surface area contributed by atoms with E-state index in [1.54, 1.807) is 0 Å². The van der Waals surface area contributed by atoms with E-state index in [1.807, 2.05) is 0 Å². The SMILES string of the molecule is CC1(C)c2ccccc2-c2cccc(-n3c4ccccc4c4cc(-c5cccc(Br)c5)ccc43)c21. The first-order valence-corrected chi connectivity index (χ1v) is 12.9. The topological polar surface area (TPSA) is 4.93 Å². The van der Waals surface area contributed by atoms with Crippen molar-refractivity contribution in [3.8, 4) is 27.9 Å². The molecule has 1 nitrogen and oxygen atoms in total. The summed E-state index contributed by atoms with van der Waals surface area (Å²) in [5.41, 5.74) is 11.6. The number of hydrogen-bond acceptors (Lipinski definition) is 0. The lowest BCUT2D eigenvalue weighted by Crippen LogP contribution is -2.17. The zero-order valence-corrected chi connectivity index (χ0v) is 21.3. The molecule has 0 N–H and O–H groups in total. The maximum Gasteiger partial charge on any atom is 0.0541 e. The lowest BCUT2D eigenvalue weighted by atomic mass is 9.81. The average Bonchev–Trinajstić information content (AvgIpc) is 3.33. The van der Waals surface area contributed by atoms with Crippen molar-refractivity contribution in [2.24, 2.45) is 0 Å². The fourth-order valence-corrected chi connectivity index (χ4v) is 6.48. The Morgan fingerprint density at radius 3 is 2.20 bits per heavy atom. The van der Waals surface area contributed by atoms with Crippen molar-refractivity contribution >= 4 is 37.7 Å². The van der Waals surface area contributed by atoms with Crippen LogP contribution in [0.5, 0.6) is 0 Å². The highest BCUT2D eigenvalue weighted by atomic mass is 79.9. The molecule has 2 heteroatoms. The molecule has 0 radical (unpaired) electrons. The molecule has 0 atom stereocenters. The van der Waals surface area contributed by atoms with Crippen molar-refractivity contribution in [3.63, 3.8) is 0 Å². The van der Waals surface area contributed by atoms with Gasteiger partial charge in [0.05, 0.1) is 16.7 Å². The van der Waals surface area contributed by atoms with Gasteiger partial charge >= 0.3 is 0 Å². The Morgan fingerprint density at radius 1 is 0.600 bits per heavy atom. The minimum atomic E-state index is -0.0729. The van der Waals surface area contributed by atoms with Gasteiger partial charge in [0.15, 0.2) is 0 Å². The van der Waals surface area contributed by atoms with Crippen molar-refractivity contribution in [1.29, 1.82) is 0 Å². The number of benzene rings is 5. The number of nitrogens with zero attached hydrogens (tertiary/aromatic N) is 1. The maximum atomic E-state index is 3.63. The van der Waals surface area contributed by atoms with E-state index in [0.717, 1.165) is 4.47 Å². The summed E-state index contributed by atoms with van der Waals surface area (Å²) in [7, 11) is 0. The molecule has 1 heterocycles. The van der Waals surface area contributed by atoms with Gasteiger partial charge in [0, 0.05) is 20.7 Å². The van der Waals surface area contributed by atoms with E-state index in [1.165, 1.54) is 60.9 Å². The van der Waals surface area contributed by atoms with Crippen LogP contribution >= 0.6 is 15.9 Å². The number of aromatic nitrogens is 1. The molecule has 0 fully saturated rings. The number of para-hydroxylation sites is 1. The van der Waals surface area contributed by atoms with Gasteiger partial charge in [-0.3, -0.25) is 0 Å². The average molecular weight is 514 g/mol. The molecule has 6 aromatic rings. The van der Waals surface area contributed by atoms with Gasteiger partial charge in [-0.1, -0.05) is 103 Å². The van der Waals surface area contributed by atoms with Crippen molar-refractivity contribution in [3.05, 3.63) is 125 Å². The molecule has 1 aromatic heterocycles. The van der Waals surface area contributed by atoms with Crippen molar-refractivity contribution in [2.45, 2.75) is 19.3 Å². The summed E-state index contributed by atoms with van der Waals surface area (Å²) in [4.78, 5) is 0. The zero-order valence-electron chi connectivity index (χ0n) is 19.7. The molecule has 0 amide bonds. The van der Waals surface area contributed by atoms with Gasteiger partial charge in [-0.2, -0.15) is 0 Å². The van der Waals surface area contributed by atoms with Crippen LogP contribution in [-0.4, -0.2) is 4.57 Å². The van der Waals surface area contributed by atoms with Gasteiger partial charge in [0.2, 0.25) is 0 Å². The van der Waals surface area contributed by atoms with Crippen LogP contribution in [0.15, 0.2) is 114 Å². The van der Waals surface area contributed by atoms with Crippen LogP contribution < -0.4 is 0 Å². The Morgan fingerprint density at radius 2 is 1.31 bits per heavy atom. The van der Waals surface area contributed by atoms with Crippen molar-refractivity contribution in [1.82, 2.24) is 4.57 Å². The zero-order chi connectivity index (χ0) is 23.7. The van der Waals surface area contributed by atoms with Crippen LogP contribution in [0.2, 0.25) is 0 Å². The normalized spacial score (nSPS) is 13.8. The van der Waals surface area contributed by atoms with Crippen molar-refractivity contribution < 1.29 is 0 Å². The summed E-state index contributed by atoms with van der Waals surface area (Å²) >= 11 is 3.63. The van der Waals surface area contributed by atoms with E-state index in [-0.39, 0.29) is 5.41 Å². The van der Waals surface area contributed by atoms with E-state index in [4.69, 9.17) is 0 Å². The molecule has 0 spiro atoms. The Balaban J connectivity index is 1.55. The number of hydrogen-bond donors (Lipinski definition) is 0. The molecule has 168 valence electrons. The minimum absolute atomic E-state index is 0.0729. The van der Waals surface area contributed by atoms with Gasteiger partial charge in [-0.25, -0.2) is 0 Å². The third-order valence-electron chi connectivity index (χ3n) is 7.63. The molecule has 5 aromatic carbocycles. The van der Waals surface area contributed by atoms with Crippen LogP contribution in [0.4, 0.5) is 0 Å². The highest BCUT2D eigenvalue weighted by Gasteiger charge is 2.37. The smallest absolute Gasteiger partial charge is 0.0541 e. The third-order valence-corrected chi connectivity index (χ3v) is 8.12. The summed E-state index contributed by atoms with van der Waals surface area (Å²) < 4.78 is 3.57. The largest absolute Gasteiger partial charge is 0.309 e. The standard InChI is InChI=1S/C33H24BrN/c1-33(2)28-14-5-3-11-24(28)26-13-8-16-31(32(26)33)35-29-15-6-4-12-25(29)27-20-22(17-18-30(27)35)21-9-7-10-23(34)19-21/h3-20H,1-2H3. The minimum Gasteiger partial charge on any atom is -0.309 e. The highest BCUT2D eigenvalue weighted by Crippen LogP contribution is 2.51. The first-order chi connectivity index (χ1) is 17.0. The van der Waals surface area contributed by atoms with Crippen LogP contribution in [0.1, 0.15) is 25.0 Å². The summed E-state index contributed by atoms with van der Waals surface area (Å²) in [5, 5.41) is 2.56. The Bertz CT molecular complexity index is 1790. The number of rotatable bonds is 2. The third kappa shape index (κ3) is 2.93.